The number of fused-ring (bicyclic) bond motifs is 1. The first-order valence-corrected chi connectivity index (χ1v) is 5.44. The van der Waals surface area contributed by atoms with Crippen molar-refractivity contribution in [2.24, 2.45) is 0 Å². The van der Waals surface area contributed by atoms with Crippen LogP contribution >= 0.6 is 0 Å². The van der Waals surface area contributed by atoms with Gasteiger partial charge in [0.05, 0.1) is 11.8 Å². The highest BCUT2D eigenvalue weighted by molar-refractivity contribution is 5.90. The number of rotatable bonds is 2. The van der Waals surface area contributed by atoms with Gasteiger partial charge >= 0.3 is 6.18 Å². The molecule has 0 aliphatic carbocycles. The van der Waals surface area contributed by atoms with Crippen molar-refractivity contribution in [3.8, 4) is 0 Å². The first-order valence-electron chi connectivity index (χ1n) is 5.44. The summed E-state index contributed by atoms with van der Waals surface area (Å²) in [7, 11) is 0. The molecular weight excluding hydrogens is 245 g/mol. The van der Waals surface area contributed by atoms with Gasteiger partial charge in [-0.05, 0) is 19.4 Å². The summed E-state index contributed by atoms with van der Waals surface area (Å²) in [5.74, 6) is 0.298. The number of nitrogens with zero attached hydrogens (tertiary/aromatic N) is 3. The number of hydrogen-bond acceptors (Lipinski definition) is 3. The highest BCUT2D eigenvalue weighted by atomic mass is 19.4. The number of anilines is 1. The second kappa shape index (κ2) is 4.15. The van der Waals surface area contributed by atoms with E-state index in [2.05, 4.69) is 9.97 Å². The fourth-order valence-corrected chi connectivity index (χ4v) is 2.01. The van der Waals surface area contributed by atoms with Gasteiger partial charge < -0.3 is 10.3 Å². The average molecular weight is 258 g/mol. The van der Waals surface area contributed by atoms with Gasteiger partial charge in [-0.15, -0.1) is 0 Å². The van der Waals surface area contributed by atoms with E-state index in [0.717, 1.165) is 11.3 Å². The van der Waals surface area contributed by atoms with E-state index in [0.29, 0.717) is 16.9 Å². The number of nitrogen functional groups attached to an aromatic ring is 1. The molecular formula is C11H13F3N4. The van der Waals surface area contributed by atoms with Gasteiger partial charge in [0, 0.05) is 12.2 Å². The van der Waals surface area contributed by atoms with Crippen LogP contribution in [0.3, 0.4) is 0 Å². The molecule has 4 nitrogen and oxygen atoms in total. The van der Waals surface area contributed by atoms with Crippen LogP contribution in [-0.4, -0.2) is 20.7 Å². The Morgan fingerprint density at radius 1 is 1.28 bits per heavy atom. The molecule has 0 radical (unpaired) electrons. The van der Waals surface area contributed by atoms with E-state index >= 15 is 0 Å². The lowest BCUT2D eigenvalue weighted by Crippen LogP contribution is -2.13. The molecule has 0 aromatic carbocycles. The molecule has 0 aliphatic rings. The number of nitrogens with two attached hydrogens (primary N) is 1. The van der Waals surface area contributed by atoms with E-state index in [1.165, 1.54) is 10.9 Å². The van der Waals surface area contributed by atoms with Crippen LogP contribution in [0.1, 0.15) is 17.7 Å². The molecule has 98 valence electrons. The number of halogens is 3. The lowest BCUT2D eigenvalue weighted by Gasteiger charge is -2.10. The van der Waals surface area contributed by atoms with Crippen LogP contribution in [-0.2, 0) is 6.54 Å². The van der Waals surface area contributed by atoms with Gasteiger partial charge in [0.1, 0.15) is 17.8 Å². The third kappa shape index (κ3) is 2.12. The highest BCUT2D eigenvalue weighted by Gasteiger charge is 2.27. The van der Waals surface area contributed by atoms with Crippen molar-refractivity contribution in [1.82, 2.24) is 14.5 Å². The Morgan fingerprint density at radius 3 is 2.56 bits per heavy atom. The molecule has 18 heavy (non-hydrogen) atoms. The molecule has 0 amide bonds. The first-order chi connectivity index (χ1) is 8.31. The lowest BCUT2D eigenvalue weighted by molar-refractivity contribution is -0.136. The summed E-state index contributed by atoms with van der Waals surface area (Å²) >= 11 is 0. The van der Waals surface area contributed by atoms with Crippen molar-refractivity contribution in [3.05, 3.63) is 17.6 Å². The number of aryl methyl sites for hydroxylation is 2. The molecule has 0 fully saturated rings. The van der Waals surface area contributed by atoms with Gasteiger partial charge in [-0.1, -0.05) is 0 Å². The van der Waals surface area contributed by atoms with Crippen LogP contribution in [0.2, 0.25) is 0 Å². The van der Waals surface area contributed by atoms with Crippen molar-refractivity contribution in [1.29, 1.82) is 0 Å². The van der Waals surface area contributed by atoms with Crippen LogP contribution < -0.4 is 5.73 Å². The Kier molecular flexibility index (Phi) is 2.92. The van der Waals surface area contributed by atoms with Crippen molar-refractivity contribution in [2.45, 2.75) is 33.0 Å². The summed E-state index contributed by atoms with van der Waals surface area (Å²) in [5, 5.41) is 0.636. The molecule has 2 aromatic rings. The van der Waals surface area contributed by atoms with Crippen molar-refractivity contribution < 1.29 is 13.2 Å². The summed E-state index contributed by atoms with van der Waals surface area (Å²) in [4.78, 5) is 7.89. The van der Waals surface area contributed by atoms with Crippen molar-refractivity contribution in [3.63, 3.8) is 0 Å². The van der Waals surface area contributed by atoms with Crippen molar-refractivity contribution in [2.75, 3.05) is 5.73 Å². The van der Waals surface area contributed by atoms with E-state index < -0.39 is 12.6 Å². The van der Waals surface area contributed by atoms with Crippen LogP contribution in [0.15, 0.2) is 6.33 Å². The molecule has 0 spiro atoms. The topological polar surface area (TPSA) is 56.7 Å². The largest absolute Gasteiger partial charge is 0.390 e. The molecule has 0 unspecified atom stereocenters. The number of hydrogen-bond donors (Lipinski definition) is 1. The maximum absolute atomic E-state index is 12.3. The molecule has 2 rings (SSSR count). The quantitative estimate of drug-likeness (QED) is 0.900. The Morgan fingerprint density at radius 2 is 1.94 bits per heavy atom. The summed E-state index contributed by atoms with van der Waals surface area (Å²) in [6.07, 6.45) is -3.81. The van der Waals surface area contributed by atoms with Crippen LogP contribution in [0.5, 0.6) is 0 Å². The number of aromatic nitrogens is 3. The van der Waals surface area contributed by atoms with Crippen LogP contribution in [0.4, 0.5) is 19.0 Å². The lowest BCUT2D eigenvalue weighted by atomic mass is 10.2. The zero-order valence-corrected chi connectivity index (χ0v) is 10.0. The fourth-order valence-electron chi connectivity index (χ4n) is 2.01. The minimum absolute atomic E-state index is 0.157. The summed E-state index contributed by atoms with van der Waals surface area (Å²) in [6.45, 7) is 3.41. The van der Waals surface area contributed by atoms with Crippen LogP contribution in [0.25, 0.3) is 11.0 Å². The average Bonchev–Trinajstić information content (AvgIpc) is 2.50. The Labute approximate surface area is 102 Å². The second-order valence-corrected chi connectivity index (χ2v) is 4.18. The van der Waals surface area contributed by atoms with Crippen LogP contribution in [0, 0.1) is 13.8 Å². The van der Waals surface area contributed by atoms with Gasteiger partial charge in [0.15, 0.2) is 0 Å². The monoisotopic (exact) mass is 258 g/mol. The SMILES string of the molecule is Cc1c(C)n(CCC(F)(F)F)c2ncnc(N)c12. The third-order valence-electron chi connectivity index (χ3n) is 3.05. The molecule has 7 heteroatoms. The zero-order chi connectivity index (χ0) is 13.5. The molecule has 0 saturated carbocycles. The Hall–Kier alpha value is -1.79. The fraction of sp³-hybridized carbons (Fsp3) is 0.455. The molecule has 0 aliphatic heterocycles. The maximum atomic E-state index is 12.3. The maximum Gasteiger partial charge on any atom is 0.390 e. The van der Waals surface area contributed by atoms with Gasteiger partial charge in [-0.25, -0.2) is 9.97 Å². The third-order valence-corrected chi connectivity index (χ3v) is 3.05. The molecule has 2 N–H and O–H groups in total. The summed E-state index contributed by atoms with van der Waals surface area (Å²) in [6, 6.07) is 0. The van der Waals surface area contributed by atoms with Gasteiger partial charge in [0.2, 0.25) is 0 Å². The predicted molar refractivity (Wildman–Crippen MR) is 62.1 cm³/mol. The molecule has 0 atom stereocenters. The smallest absolute Gasteiger partial charge is 0.383 e. The number of alkyl halides is 3. The first kappa shape index (κ1) is 12.7. The zero-order valence-electron chi connectivity index (χ0n) is 10.0. The molecule has 2 heterocycles. The Bertz CT molecular complexity index is 586. The standard InChI is InChI=1S/C11H13F3N4/c1-6-7(2)18(4-3-11(12,13)14)10-8(6)9(15)16-5-17-10/h5H,3-4H2,1-2H3,(H2,15,16,17). The molecule has 2 aromatic heterocycles. The minimum atomic E-state index is -4.19. The van der Waals surface area contributed by atoms with E-state index in [-0.39, 0.29) is 6.54 Å². The summed E-state index contributed by atoms with van der Waals surface area (Å²) in [5.41, 5.74) is 7.76. The summed E-state index contributed by atoms with van der Waals surface area (Å²) < 4.78 is 38.4. The highest BCUT2D eigenvalue weighted by Crippen LogP contribution is 2.29. The molecule has 0 saturated heterocycles. The van der Waals surface area contributed by atoms with E-state index in [9.17, 15) is 13.2 Å². The van der Waals surface area contributed by atoms with Crippen molar-refractivity contribution >= 4 is 16.9 Å². The van der Waals surface area contributed by atoms with E-state index in [4.69, 9.17) is 5.73 Å². The van der Waals surface area contributed by atoms with Gasteiger partial charge in [0.25, 0.3) is 0 Å². The second-order valence-electron chi connectivity index (χ2n) is 4.18. The van der Waals surface area contributed by atoms with E-state index in [1.807, 2.05) is 6.92 Å². The van der Waals surface area contributed by atoms with Gasteiger partial charge in [-0.2, -0.15) is 13.2 Å². The van der Waals surface area contributed by atoms with E-state index in [1.54, 1.807) is 6.92 Å². The minimum Gasteiger partial charge on any atom is -0.383 e. The Balaban J connectivity index is 2.51. The van der Waals surface area contributed by atoms with Gasteiger partial charge in [-0.3, -0.25) is 0 Å². The normalized spacial score (nSPS) is 12.3. The predicted octanol–water partition coefficient (Wildman–Crippen LogP) is 2.58. The molecule has 0 bridgehead atoms.